The van der Waals surface area contributed by atoms with E-state index in [4.69, 9.17) is 10.2 Å². The van der Waals surface area contributed by atoms with Crippen LogP contribution in [0.3, 0.4) is 0 Å². The average Bonchev–Trinajstić information content (AvgIpc) is 2.55. The van der Waals surface area contributed by atoms with E-state index in [1.165, 1.54) is 19.1 Å². The quantitative estimate of drug-likeness (QED) is 0.751. The van der Waals surface area contributed by atoms with Crippen LogP contribution in [0.4, 0.5) is 24.5 Å². The van der Waals surface area contributed by atoms with Gasteiger partial charge in [-0.05, 0) is 13.0 Å². The maximum absolute atomic E-state index is 12.2. The summed E-state index contributed by atoms with van der Waals surface area (Å²) in [5, 5.41) is 2.66. The predicted octanol–water partition coefficient (Wildman–Crippen LogP) is 2.46. The van der Waals surface area contributed by atoms with Gasteiger partial charge in [0.25, 0.3) is 0 Å². The fraction of sp³-hybridized carbons (Fsp3) is 0.364. The van der Waals surface area contributed by atoms with Crippen LogP contribution in [0.2, 0.25) is 0 Å². The molecule has 0 fully saturated rings. The van der Waals surface area contributed by atoms with Crippen molar-refractivity contribution < 1.29 is 17.6 Å². The van der Waals surface area contributed by atoms with Gasteiger partial charge in [-0.3, -0.25) is 4.98 Å². The van der Waals surface area contributed by atoms with Gasteiger partial charge in [-0.15, -0.1) is 0 Å². The number of fused-ring (bicyclic) bond motifs is 1. The molecule has 0 aliphatic carbocycles. The smallest absolute Gasteiger partial charge is 0.408 e. The Kier molecular flexibility index (Phi) is 3.17. The van der Waals surface area contributed by atoms with Gasteiger partial charge in [0.05, 0.1) is 23.3 Å². The van der Waals surface area contributed by atoms with E-state index in [0.717, 1.165) is 0 Å². The molecule has 2 aromatic rings. The molecule has 0 saturated carbocycles. The third-order valence-corrected chi connectivity index (χ3v) is 2.53. The van der Waals surface area contributed by atoms with Crippen molar-refractivity contribution in [2.75, 3.05) is 11.1 Å². The summed E-state index contributed by atoms with van der Waals surface area (Å²) in [7, 11) is 0. The lowest BCUT2D eigenvalue weighted by Crippen LogP contribution is -2.24. The van der Waals surface area contributed by atoms with Crippen LogP contribution >= 0.6 is 0 Å². The summed E-state index contributed by atoms with van der Waals surface area (Å²) in [5.41, 5.74) is 6.86. The topological polar surface area (TPSA) is 84.0 Å². The molecule has 19 heavy (non-hydrogen) atoms. The van der Waals surface area contributed by atoms with E-state index in [9.17, 15) is 18.0 Å². The number of nitrogens with two attached hydrogens (primary N) is 1. The van der Waals surface area contributed by atoms with E-state index in [0.29, 0.717) is 11.2 Å². The fourth-order valence-electron chi connectivity index (χ4n) is 1.80. The molecule has 0 amide bonds. The number of anilines is 2. The van der Waals surface area contributed by atoms with E-state index >= 15 is 0 Å². The first kappa shape index (κ1) is 13.3. The van der Waals surface area contributed by atoms with Gasteiger partial charge < -0.3 is 15.5 Å². The number of hydrogen-bond acceptors (Lipinski definition) is 4. The Labute approximate surface area is 105 Å². The summed E-state index contributed by atoms with van der Waals surface area (Å²) in [4.78, 5) is 13.4. The second-order valence-corrected chi connectivity index (χ2v) is 4.31. The Hall–Kier alpha value is -2.12. The van der Waals surface area contributed by atoms with Gasteiger partial charge in [0.15, 0.2) is 5.58 Å². The van der Waals surface area contributed by atoms with Crippen LogP contribution in [0, 0.1) is 0 Å². The number of halogens is 3. The van der Waals surface area contributed by atoms with E-state index in [1.54, 1.807) is 0 Å². The van der Waals surface area contributed by atoms with Gasteiger partial charge in [0.1, 0.15) is 0 Å². The van der Waals surface area contributed by atoms with Crippen molar-refractivity contribution in [3.8, 4) is 0 Å². The molecule has 0 radical (unpaired) electrons. The molecule has 1 atom stereocenters. The van der Waals surface area contributed by atoms with E-state index in [-0.39, 0.29) is 11.3 Å². The number of alkyl halides is 3. The minimum atomic E-state index is -4.25. The van der Waals surface area contributed by atoms with Crippen molar-refractivity contribution in [2.45, 2.75) is 25.6 Å². The minimum Gasteiger partial charge on any atom is -0.408 e. The van der Waals surface area contributed by atoms with E-state index in [2.05, 4.69) is 10.3 Å². The molecule has 1 aromatic heterocycles. The summed E-state index contributed by atoms with van der Waals surface area (Å²) in [6, 6.07) is 2.00. The first-order chi connectivity index (χ1) is 8.74. The largest absolute Gasteiger partial charge is 0.417 e. The molecule has 104 valence electrons. The van der Waals surface area contributed by atoms with Crippen molar-refractivity contribution in [2.24, 2.45) is 0 Å². The van der Waals surface area contributed by atoms with Gasteiger partial charge in [-0.25, -0.2) is 4.79 Å². The molecule has 0 aliphatic heterocycles. The maximum atomic E-state index is 12.2. The molecule has 0 saturated heterocycles. The molecule has 5 nitrogen and oxygen atoms in total. The number of aromatic amines is 1. The van der Waals surface area contributed by atoms with Crippen LogP contribution in [-0.2, 0) is 0 Å². The van der Waals surface area contributed by atoms with Crippen LogP contribution in [0.1, 0.15) is 13.3 Å². The van der Waals surface area contributed by atoms with E-state index < -0.39 is 24.4 Å². The summed E-state index contributed by atoms with van der Waals surface area (Å²) in [6.45, 7) is 1.40. The van der Waals surface area contributed by atoms with Gasteiger partial charge in [-0.2, -0.15) is 13.2 Å². The number of rotatable bonds is 3. The Balaban J connectivity index is 2.25. The number of oxazole rings is 1. The minimum absolute atomic E-state index is 0.212. The molecule has 4 N–H and O–H groups in total. The average molecular weight is 275 g/mol. The molecule has 0 bridgehead atoms. The normalized spacial score (nSPS) is 13.7. The zero-order chi connectivity index (χ0) is 14.2. The number of nitrogen functional groups attached to an aromatic ring is 1. The molecule has 0 spiro atoms. The highest BCUT2D eigenvalue weighted by atomic mass is 19.4. The van der Waals surface area contributed by atoms with E-state index in [1.807, 2.05) is 0 Å². The lowest BCUT2D eigenvalue weighted by Gasteiger charge is -2.18. The van der Waals surface area contributed by atoms with Crippen LogP contribution in [0.15, 0.2) is 21.3 Å². The highest BCUT2D eigenvalue weighted by Crippen LogP contribution is 2.28. The number of aromatic nitrogens is 1. The third kappa shape index (κ3) is 3.21. The monoisotopic (exact) mass is 275 g/mol. The molecule has 2 rings (SSSR count). The fourth-order valence-corrected chi connectivity index (χ4v) is 1.80. The molecule has 1 unspecified atom stereocenters. The van der Waals surface area contributed by atoms with Crippen LogP contribution in [-0.4, -0.2) is 17.2 Å². The van der Waals surface area contributed by atoms with Crippen molar-refractivity contribution in [1.29, 1.82) is 0 Å². The van der Waals surface area contributed by atoms with Crippen molar-refractivity contribution in [3.05, 3.63) is 22.7 Å². The Morgan fingerprint density at radius 1 is 1.47 bits per heavy atom. The standard InChI is InChI=1S/C11H12F3N3O2/c1-5(4-11(12,13)14)16-7-3-8-9(2-6(7)15)19-10(18)17-8/h2-3,5,16H,4,15H2,1H3,(H,17,18). The highest BCUT2D eigenvalue weighted by Gasteiger charge is 2.30. The zero-order valence-corrected chi connectivity index (χ0v) is 9.97. The Bertz CT molecular complexity index is 645. The molecule has 0 aliphatic rings. The van der Waals surface area contributed by atoms with Crippen LogP contribution in [0.25, 0.3) is 11.1 Å². The number of H-pyrrole nitrogens is 1. The third-order valence-electron chi connectivity index (χ3n) is 2.53. The predicted molar refractivity (Wildman–Crippen MR) is 65.0 cm³/mol. The summed E-state index contributed by atoms with van der Waals surface area (Å²) >= 11 is 0. The first-order valence-corrected chi connectivity index (χ1v) is 5.50. The number of nitrogens with one attached hydrogen (secondary N) is 2. The van der Waals surface area contributed by atoms with Crippen molar-refractivity contribution >= 4 is 22.5 Å². The van der Waals surface area contributed by atoms with Gasteiger partial charge >= 0.3 is 11.9 Å². The van der Waals surface area contributed by atoms with Crippen LogP contribution in [0.5, 0.6) is 0 Å². The molecule has 8 heteroatoms. The van der Waals surface area contributed by atoms with Crippen LogP contribution < -0.4 is 16.8 Å². The second-order valence-electron chi connectivity index (χ2n) is 4.31. The van der Waals surface area contributed by atoms with Gasteiger partial charge in [-0.1, -0.05) is 0 Å². The lowest BCUT2D eigenvalue weighted by molar-refractivity contribution is -0.136. The zero-order valence-electron chi connectivity index (χ0n) is 9.97. The first-order valence-electron chi connectivity index (χ1n) is 5.50. The van der Waals surface area contributed by atoms with Gasteiger partial charge in [0.2, 0.25) is 0 Å². The molecule has 1 aromatic carbocycles. The SMILES string of the molecule is CC(CC(F)(F)F)Nc1cc2[nH]c(=O)oc2cc1N. The Morgan fingerprint density at radius 3 is 2.79 bits per heavy atom. The van der Waals surface area contributed by atoms with Crippen molar-refractivity contribution in [3.63, 3.8) is 0 Å². The number of hydrogen-bond donors (Lipinski definition) is 3. The van der Waals surface area contributed by atoms with Crippen molar-refractivity contribution in [1.82, 2.24) is 4.98 Å². The summed E-state index contributed by atoms with van der Waals surface area (Å²) in [6.07, 6.45) is -5.23. The maximum Gasteiger partial charge on any atom is 0.417 e. The molecule has 1 heterocycles. The summed E-state index contributed by atoms with van der Waals surface area (Å²) in [5.74, 6) is -0.644. The highest BCUT2D eigenvalue weighted by molar-refractivity contribution is 5.85. The Morgan fingerprint density at radius 2 is 2.16 bits per heavy atom. The number of benzene rings is 1. The second kappa shape index (κ2) is 4.52. The van der Waals surface area contributed by atoms with Gasteiger partial charge in [0, 0.05) is 12.1 Å². The lowest BCUT2D eigenvalue weighted by atomic mass is 10.2. The molecular formula is C11H12F3N3O2. The molecular weight excluding hydrogens is 263 g/mol. The summed E-state index contributed by atoms with van der Waals surface area (Å²) < 4.78 is 41.5.